The number of rotatable bonds is 3. The lowest BCUT2D eigenvalue weighted by Gasteiger charge is -2.42. The molecule has 0 unspecified atom stereocenters. The van der Waals surface area contributed by atoms with Crippen LogP contribution in [0.1, 0.15) is 44.2 Å². The molecule has 0 radical (unpaired) electrons. The average molecular weight is 239 g/mol. The molecule has 0 aliphatic heterocycles. The van der Waals surface area contributed by atoms with Gasteiger partial charge in [-0.15, -0.1) is 0 Å². The van der Waals surface area contributed by atoms with Gasteiger partial charge < -0.3 is 5.73 Å². The molecule has 0 aromatic heterocycles. The van der Waals surface area contributed by atoms with Crippen LogP contribution in [0.15, 0.2) is 18.2 Å². The van der Waals surface area contributed by atoms with Crippen molar-refractivity contribution >= 4 is 0 Å². The van der Waals surface area contributed by atoms with E-state index >= 15 is 0 Å². The van der Waals surface area contributed by atoms with Crippen LogP contribution in [0.5, 0.6) is 0 Å². The molecule has 1 nitrogen and oxygen atoms in total. The largest absolute Gasteiger partial charge is 0.330 e. The molecular formula is C14H19F2N. The first-order valence-electron chi connectivity index (χ1n) is 6.08. The van der Waals surface area contributed by atoms with E-state index in [1.54, 1.807) is 6.07 Å². The van der Waals surface area contributed by atoms with Gasteiger partial charge in [-0.3, -0.25) is 0 Å². The van der Waals surface area contributed by atoms with Crippen molar-refractivity contribution in [3.05, 3.63) is 35.1 Å². The second-order valence-electron chi connectivity index (χ2n) is 5.51. The number of benzene rings is 1. The first-order valence-corrected chi connectivity index (χ1v) is 6.08. The van der Waals surface area contributed by atoms with Crippen molar-refractivity contribution in [3.8, 4) is 0 Å². The lowest BCUT2D eigenvalue weighted by Crippen LogP contribution is -2.42. The number of alkyl halides is 1. The monoisotopic (exact) mass is 239 g/mol. The Morgan fingerprint density at radius 3 is 2.41 bits per heavy atom. The summed E-state index contributed by atoms with van der Waals surface area (Å²) >= 11 is 0. The van der Waals surface area contributed by atoms with Crippen molar-refractivity contribution in [3.63, 3.8) is 0 Å². The normalized spacial score (nSPS) is 18.9. The molecule has 0 bridgehead atoms. The van der Waals surface area contributed by atoms with Gasteiger partial charge in [0.15, 0.2) is 0 Å². The Balaban J connectivity index is 2.46. The molecule has 2 N–H and O–H groups in total. The third-order valence-corrected chi connectivity index (χ3v) is 3.93. The van der Waals surface area contributed by atoms with E-state index in [1.807, 2.05) is 0 Å². The fourth-order valence-corrected chi connectivity index (χ4v) is 2.49. The van der Waals surface area contributed by atoms with Gasteiger partial charge in [-0.25, -0.2) is 8.78 Å². The van der Waals surface area contributed by atoms with Crippen LogP contribution in [0.3, 0.4) is 0 Å². The van der Waals surface area contributed by atoms with Gasteiger partial charge >= 0.3 is 0 Å². The van der Waals surface area contributed by atoms with Gasteiger partial charge in [0.1, 0.15) is 11.5 Å². The van der Waals surface area contributed by atoms with Crippen LogP contribution in [0, 0.1) is 5.82 Å². The zero-order chi connectivity index (χ0) is 12.7. The van der Waals surface area contributed by atoms with Crippen molar-refractivity contribution < 1.29 is 8.78 Å². The van der Waals surface area contributed by atoms with Gasteiger partial charge in [-0.2, -0.15) is 0 Å². The molecule has 0 spiro atoms. The van der Waals surface area contributed by atoms with Crippen LogP contribution in [0.25, 0.3) is 0 Å². The van der Waals surface area contributed by atoms with Gasteiger partial charge in [0.2, 0.25) is 0 Å². The molecule has 0 saturated heterocycles. The molecule has 2 rings (SSSR count). The molecule has 17 heavy (non-hydrogen) atoms. The van der Waals surface area contributed by atoms with Crippen LogP contribution in [0.2, 0.25) is 0 Å². The summed E-state index contributed by atoms with van der Waals surface area (Å²) in [6.45, 7) is 3.40. The average Bonchev–Trinajstić information content (AvgIpc) is 2.18. The Labute approximate surface area is 101 Å². The molecule has 1 saturated carbocycles. The van der Waals surface area contributed by atoms with E-state index in [0.29, 0.717) is 17.7 Å². The molecule has 3 heteroatoms. The zero-order valence-electron chi connectivity index (χ0n) is 10.4. The first-order chi connectivity index (χ1) is 7.89. The molecule has 1 fully saturated rings. The third kappa shape index (κ3) is 2.08. The highest BCUT2D eigenvalue weighted by Gasteiger charge is 2.40. The van der Waals surface area contributed by atoms with Crippen LogP contribution >= 0.6 is 0 Å². The molecule has 0 atom stereocenters. The molecule has 1 aliphatic rings. The SMILES string of the molecule is CC(C)(F)c1ccc(F)c(C2(CN)CCC2)c1. The Bertz CT molecular complexity index is 411. The maximum Gasteiger partial charge on any atom is 0.130 e. The molecule has 1 aromatic rings. The van der Waals surface area contributed by atoms with Crippen LogP contribution in [-0.4, -0.2) is 6.54 Å². The van der Waals surface area contributed by atoms with E-state index < -0.39 is 5.67 Å². The predicted octanol–water partition coefficient (Wildman–Crippen LogP) is 3.41. The van der Waals surface area contributed by atoms with Gasteiger partial charge in [-0.05, 0) is 49.9 Å². The summed E-state index contributed by atoms with van der Waals surface area (Å²) in [7, 11) is 0. The Hall–Kier alpha value is -0.960. The maximum atomic E-state index is 13.9. The van der Waals surface area contributed by atoms with E-state index in [2.05, 4.69) is 0 Å². The van der Waals surface area contributed by atoms with E-state index in [9.17, 15) is 8.78 Å². The highest BCUT2D eigenvalue weighted by Crippen LogP contribution is 2.44. The minimum absolute atomic E-state index is 0.259. The van der Waals surface area contributed by atoms with E-state index in [1.165, 1.54) is 26.0 Å². The Morgan fingerprint density at radius 2 is 2.00 bits per heavy atom. The summed E-state index contributed by atoms with van der Waals surface area (Å²) in [5.41, 5.74) is 5.18. The van der Waals surface area contributed by atoms with Gasteiger partial charge in [0.05, 0.1) is 0 Å². The molecule has 0 heterocycles. The topological polar surface area (TPSA) is 26.0 Å². The summed E-state index contributed by atoms with van der Waals surface area (Å²) in [6, 6.07) is 4.53. The third-order valence-electron chi connectivity index (χ3n) is 3.93. The smallest absolute Gasteiger partial charge is 0.130 e. The van der Waals surface area contributed by atoms with Crippen LogP contribution < -0.4 is 5.73 Å². The Morgan fingerprint density at radius 1 is 1.35 bits per heavy atom. The summed E-state index contributed by atoms with van der Waals surface area (Å²) in [6.07, 6.45) is 2.87. The number of hydrogen-bond donors (Lipinski definition) is 1. The quantitative estimate of drug-likeness (QED) is 0.859. The van der Waals surface area contributed by atoms with Crippen molar-refractivity contribution in [1.29, 1.82) is 0 Å². The second-order valence-corrected chi connectivity index (χ2v) is 5.51. The summed E-state index contributed by atoms with van der Waals surface area (Å²) in [4.78, 5) is 0. The van der Waals surface area contributed by atoms with Crippen molar-refractivity contribution in [1.82, 2.24) is 0 Å². The lowest BCUT2D eigenvalue weighted by atomic mass is 9.64. The first kappa shape index (κ1) is 12.5. The lowest BCUT2D eigenvalue weighted by molar-refractivity contribution is 0.217. The standard InChI is InChI=1S/C14H19F2N/c1-13(2,16)10-4-5-12(15)11(8-10)14(9-17)6-3-7-14/h4-5,8H,3,6-7,9,17H2,1-2H3. The van der Waals surface area contributed by atoms with Gasteiger partial charge in [0, 0.05) is 12.0 Å². The van der Waals surface area contributed by atoms with Crippen molar-refractivity contribution in [2.24, 2.45) is 5.73 Å². The maximum absolute atomic E-state index is 13.9. The van der Waals surface area contributed by atoms with Crippen molar-refractivity contribution in [2.45, 2.75) is 44.2 Å². The predicted molar refractivity (Wildman–Crippen MR) is 65.1 cm³/mol. The zero-order valence-corrected chi connectivity index (χ0v) is 10.4. The summed E-state index contributed by atoms with van der Waals surface area (Å²) in [5.74, 6) is -0.261. The highest BCUT2D eigenvalue weighted by atomic mass is 19.1. The number of halogens is 2. The van der Waals surface area contributed by atoms with E-state index in [0.717, 1.165) is 19.3 Å². The highest BCUT2D eigenvalue weighted by molar-refractivity contribution is 5.36. The summed E-state index contributed by atoms with van der Waals surface area (Å²) in [5, 5.41) is 0. The van der Waals surface area contributed by atoms with Crippen LogP contribution in [-0.2, 0) is 11.1 Å². The summed E-state index contributed by atoms with van der Waals surface area (Å²) < 4.78 is 27.8. The second kappa shape index (κ2) is 4.05. The van der Waals surface area contributed by atoms with Crippen LogP contribution in [0.4, 0.5) is 8.78 Å². The Kier molecular flexibility index (Phi) is 2.98. The minimum Gasteiger partial charge on any atom is -0.330 e. The van der Waals surface area contributed by atoms with E-state index in [4.69, 9.17) is 5.73 Å². The molecular weight excluding hydrogens is 220 g/mol. The van der Waals surface area contributed by atoms with Gasteiger partial charge in [-0.1, -0.05) is 12.5 Å². The molecule has 1 aromatic carbocycles. The van der Waals surface area contributed by atoms with E-state index in [-0.39, 0.29) is 11.2 Å². The minimum atomic E-state index is -1.44. The van der Waals surface area contributed by atoms with Gasteiger partial charge in [0.25, 0.3) is 0 Å². The fraction of sp³-hybridized carbons (Fsp3) is 0.571. The molecule has 94 valence electrons. The molecule has 1 aliphatic carbocycles. The molecule has 0 amide bonds. The number of nitrogens with two attached hydrogens (primary N) is 1. The van der Waals surface area contributed by atoms with Crippen molar-refractivity contribution in [2.75, 3.05) is 6.54 Å². The number of hydrogen-bond acceptors (Lipinski definition) is 1. The fourth-order valence-electron chi connectivity index (χ4n) is 2.49.